The largest absolute Gasteiger partial charge is 0.501 e. The molecule has 0 aliphatic carbocycles. The summed E-state index contributed by atoms with van der Waals surface area (Å²) in [5.74, 6) is 0.775. The van der Waals surface area contributed by atoms with Crippen LogP contribution in [0.4, 0.5) is 0 Å². The lowest BCUT2D eigenvalue weighted by molar-refractivity contribution is 0.293. The molecule has 0 amide bonds. The van der Waals surface area contributed by atoms with Crippen LogP contribution in [0.1, 0.15) is 13.8 Å². The van der Waals surface area contributed by atoms with Gasteiger partial charge in [-0.05, 0) is 25.5 Å². The molecule has 0 heterocycles. The summed E-state index contributed by atoms with van der Waals surface area (Å²) in [6.45, 7) is 7.18. The monoisotopic (exact) mass is 139 g/mol. The molecule has 2 nitrogen and oxygen atoms in total. The van der Waals surface area contributed by atoms with Crippen LogP contribution >= 0.6 is 0 Å². The van der Waals surface area contributed by atoms with E-state index in [0.29, 0.717) is 11.3 Å². The van der Waals surface area contributed by atoms with Crippen molar-refractivity contribution in [1.29, 1.82) is 5.41 Å². The van der Waals surface area contributed by atoms with E-state index in [2.05, 4.69) is 6.58 Å². The quantitative estimate of drug-likeness (QED) is 0.362. The van der Waals surface area contributed by atoms with Crippen molar-refractivity contribution >= 4 is 5.71 Å². The van der Waals surface area contributed by atoms with Crippen LogP contribution in [-0.2, 0) is 4.74 Å². The van der Waals surface area contributed by atoms with Gasteiger partial charge in [0.1, 0.15) is 0 Å². The van der Waals surface area contributed by atoms with E-state index in [1.807, 2.05) is 6.92 Å². The first-order valence-corrected chi connectivity index (χ1v) is 3.04. The normalized spacial score (nSPS) is 10.9. The Labute approximate surface area is 61.7 Å². The average Bonchev–Trinajstić information content (AvgIpc) is 1.87. The van der Waals surface area contributed by atoms with Crippen LogP contribution in [0.5, 0.6) is 0 Å². The summed E-state index contributed by atoms with van der Waals surface area (Å²) in [5, 5.41) is 7.17. The summed E-state index contributed by atoms with van der Waals surface area (Å²) in [6.07, 6.45) is 1.74. The maximum atomic E-state index is 7.17. The smallest absolute Gasteiger partial charge is 0.0930 e. The summed E-state index contributed by atoms with van der Waals surface area (Å²) < 4.78 is 4.87. The molecule has 0 rings (SSSR count). The molecule has 0 saturated heterocycles. The minimum Gasteiger partial charge on any atom is -0.501 e. The second-order valence-electron chi connectivity index (χ2n) is 2.11. The molecule has 56 valence electrons. The Balaban J connectivity index is 4.13. The van der Waals surface area contributed by atoms with E-state index in [1.54, 1.807) is 20.1 Å². The van der Waals surface area contributed by atoms with Gasteiger partial charge in [-0.1, -0.05) is 6.58 Å². The third-order valence-electron chi connectivity index (χ3n) is 1.18. The van der Waals surface area contributed by atoms with Gasteiger partial charge in [0.05, 0.1) is 12.9 Å². The van der Waals surface area contributed by atoms with E-state index >= 15 is 0 Å². The van der Waals surface area contributed by atoms with Crippen molar-refractivity contribution in [2.24, 2.45) is 0 Å². The number of hydrogen-bond acceptors (Lipinski definition) is 2. The number of ether oxygens (including phenoxy) is 1. The van der Waals surface area contributed by atoms with Crippen molar-refractivity contribution in [1.82, 2.24) is 0 Å². The zero-order valence-electron chi connectivity index (χ0n) is 6.69. The molecule has 0 aliphatic heterocycles. The van der Waals surface area contributed by atoms with Crippen LogP contribution in [0.2, 0.25) is 0 Å². The molecule has 0 unspecified atom stereocenters. The van der Waals surface area contributed by atoms with Gasteiger partial charge < -0.3 is 10.1 Å². The van der Waals surface area contributed by atoms with Gasteiger partial charge in [0, 0.05) is 5.71 Å². The second kappa shape index (κ2) is 3.88. The first kappa shape index (κ1) is 8.95. The Morgan fingerprint density at radius 1 is 1.50 bits per heavy atom. The zero-order chi connectivity index (χ0) is 8.15. The topological polar surface area (TPSA) is 33.1 Å². The lowest BCUT2D eigenvalue weighted by Crippen LogP contribution is -1.91. The Kier molecular flexibility index (Phi) is 3.47. The molecule has 0 aromatic rings. The number of hydrogen-bond donors (Lipinski definition) is 1. The van der Waals surface area contributed by atoms with E-state index in [1.165, 1.54) is 0 Å². The maximum Gasteiger partial charge on any atom is 0.0930 e. The van der Waals surface area contributed by atoms with Crippen molar-refractivity contribution in [3.05, 3.63) is 24.0 Å². The minimum atomic E-state index is 0.469. The fourth-order valence-corrected chi connectivity index (χ4v) is 0.413. The van der Waals surface area contributed by atoms with Gasteiger partial charge >= 0.3 is 0 Å². The summed E-state index contributed by atoms with van der Waals surface area (Å²) >= 11 is 0. The summed E-state index contributed by atoms with van der Waals surface area (Å²) in [5.41, 5.74) is 1.16. The van der Waals surface area contributed by atoms with E-state index in [4.69, 9.17) is 10.1 Å². The molecule has 0 aromatic heterocycles. The van der Waals surface area contributed by atoms with Gasteiger partial charge in [0.2, 0.25) is 0 Å². The van der Waals surface area contributed by atoms with Crippen LogP contribution in [0.25, 0.3) is 0 Å². The number of rotatable bonds is 3. The highest BCUT2D eigenvalue weighted by Gasteiger charge is 1.92. The minimum absolute atomic E-state index is 0.469. The number of nitrogens with one attached hydrogen (secondary N) is 1. The molecule has 10 heavy (non-hydrogen) atoms. The van der Waals surface area contributed by atoms with Crippen molar-refractivity contribution in [3.8, 4) is 0 Å². The summed E-state index contributed by atoms with van der Waals surface area (Å²) in [4.78, 5) is 0. The van der Waals surface area contributed by atoms with Crippen LogP contribution in [-0.4, -0.2) is 12.8 Å². The van der Waals surface area contributed by atoms with E-state index in [0.717, 1.165) is 5.76 Å². The fraction of sp³-hybridized carbons (Fsp3) is 0.375. The highest BCUT2D eigenvalue weighted by molar-refractivity contribution is 5.97. The molecular weight excluding hydrogens is 126 g/mol. The van der Waals surface area contributed by atoms with E-state index < -0.39 is 0 Å². The Morgan fingerprint density at radius 3 is 2.30 bits per heavy atom. The highest BCUT2D eigenvalue weighted by atomic mass is 16.5. The van der Waals surface area contributed by atoms with Crippen molar-refractivity contribution in [2.45, 2.75) is 13.8 Å². The molecule has 0 radical (unpaired) electrons. The molecule has 0 aliphatic rings. The highest BCUT2D eigenvalue weighted by Crippen LogP contribution is 2.00. The SMILES string of the molecule is C=C(/C=C(\C)OC)C(C)=N. The van der Waals surface area contributed by atoms with Gasteiger partial charge in [0.15, 0.2) is 0 Å². The van der Waals surface area contributed by atoms with Gasteiger partial charge in [-0.15, -0.1) is 0 Å². The number of methoxy groups -OCH3 is 1. The predicted octanol–water partition coefficient (Wildman–Crippen LogP) is 2.13. The molecule has 0 fully saturated rings. The van der Waals surface area contributed by atoms with Gasteiger partial charge in [-0.3, -0.25) is 0 Å². The Hall–Kier alpha value is -1.05. The predicted molar refractivity (Wildman–Crippen MR) is 43.3 cm³/mol. The molecule has 2 heteroatoms. The Bertz CT molecular complexity index is 180. The van der Waals surface area contributed by atoms with Crippen molar-refractivity contribution in [2.75, 3.05) is 7.11 Å². The summed E-state index contributed by atoms with van der Waals surface area (Å²) in [7, 11) is 1.60. The third-order valence-corrected chi connectivity index (χ3v) is 1.18. The molecule has 0 atom stereocenters. The van der Waals surface area contributed by atoms with Crippen LogP contribution in [0, 0.1) is 5.41 Å². The molecule has 0 spiro atoms. The van der Waals surface area contributed by atoms with Crippen molar-refractivity contribution in [3.63, 3.8) is 0 Å². The van der Waals surface area contributed by atoms with Crippen LogP contribution < -0.4 is 0 Å². The van der Waals surface area contributed by atoms with E-state index in [9.17, 15) is 0 Å². The molecule has 0 aromatic carbocycles. The second-order valence-corrected chi connectivity index (χ2v) is 2.11. The van der Waals surface area contributed by atoms with Crippen LogP contribution in [0.15, 0.2) is 24.0 Å². The first-order chi connectivity index (χ1) is 4.57. The van der Waals surface area contributed by atoms with Gasteiger partial charge in [0.25, 0.3) is 0 Å². The van der Waals surface area contributed by atoms with Gasteiger partial charge in [-0.2, -0.15) is 0 Å². The molecule has 1 N–H and O–H groups in total. The maximum absolute atomic E-state index is 7.17. The lowest BCUT2D eigenvalue weighted by atomic mass is 10.2. The fourth-order valence-electron chi connectivity index (χ4n) is 0.413. The summed E-state index contributed by atoms with van der Waals surface area (Å²) in [6, 6.07) is 0. The van der Waals surface area contributed by atoms with Crippen molar-refractivity contribution < 1.29 is 4.74 Å². The Morgan fingerprint density at radius 2 is 2.00 bits per heavy atom. The first-order valence-electron chi connectivity index (χ1n) is 3.04. The zero-order valence-corrected chi connectivity index (χ0v) is 6.69. The molecule has 0 saturated carbocycles. The third kappa shape index (κ3) is 3.07. The molecule has 0 bridgehead atoms. The van der Waals surface area contributed by atoms with Crippen LogP contribution in [0.3, 0.4) is 0 Å². The van der Waals surface area contributed by atoms with Gasteiger partial charge in [-0.25, -0.2) is 0 Å². The standard InChI is InChI=1S/C8H13NO/c1-6(8(3)9)5-7(2)10-4/h5,9H,1H2,2-4H3/b7-5+,9-8?. The molecular formula is C8H13NO. The van der Waals surface area contributed by atoms with E-state index in [-0.39, 0.29) is 0 Å². The number of allylic oxidation sites excluding steroid dienone is 3. The average molecular weight is 139 g/mol. The lowest BCUT2D eigenvalue weighted by Gasteiger charge is -1.99.